The molecular weight excluding hydrogens is 197 g/mol. The molecule has 0 amide bonds. The Morgan fingerprint density at radius 2 is 2.07 bits per heavy atom. The van der Waals surface area contributed by atoms with Crippen molar-refractivity contribution in [1.82, 2.24) is 9.78 Å². The van der Waals surface area contributed by atoms with E-state index in [-0.39, 0.29) is 12.4 Å². The molecule has 2 aromatic rings. The van der Waals surface area contributed by atoms with Crippen molar-refractivity contribution >= 4 is 0 Å². The first kappa shape index (κ1) is 9.79. The number of aliphatic hydroxyl groups is 1. The normalized spacial score (nSPS) is 10.6. The van der Waals surface area contributed by atoms with Gasteiger partial charge in [-0.05, 0) is 24.3 Å². The standard InChI is InChI=1S/C10H11FN3O/c1-13-7-14(10(6-15)12-13)9-4-2-8(11)3-5-9/h2-5,7,15H,6H2,1H3/q+1. The summed E-state index contributed by atoms with van der Waals surface area (Å²) in [5.41, 5.74) is 0.772. The molecule has 4 nitrogen and oxygen atoms in total. The number of benzene rings is 1. The van der Waals surface area contributed by atoms with Crippen LogP contribution in [0.2, 0.25) is 0 Å². The zero-order valence-electron chi connectivity index (χ0n) is 8.26. The zero-order chi connectivity index (χ0) is 10.8. The van der Waals surface area contributed by atoms with Crippen molar-refractivity contribution in [3.05, 3.63) is 42.2 Å². The van der Waals surface area contributed by atoms with Gasteiger partial charge in [0.15, 0.2) is 0 Å². The first-order chi connectivity index (χ1) is 7.20. The second-order valence-corrected chi connectivity index (χ2v) is 3.21. The van der Waals surface area contributed by atoms with E-state index >= 15 is 0 Å². The molecule has 0 atom stereocenters. The lowest BCUT2D eigenvalue weighted by Gasteiger charge is -1.97. The predicted octanol–water partition coefficient (Wildman–Crippen LogP) is 0.328. The van der Waals surface area contributed by atoms with Crippen molar-refractivity contribution in [3.63, 3.8) is 0 Å². The van der Waals surface area contributed by atoms with Gasteiger partial charge < -0.3 is 5.11 Å². The monoisotopic (exact) mass is 208 g/mol. The van der Waals surface area contributed by atoms with Crippen LogP contribution in [0, 0.1) is 5.82 Å². The minimum atomic E-state index is -0.284. The van der Waals surface area contributed by atoms with Gasteiger partial charge in [-0.25, -0.2) is 4.39 Å². The van der Waals surface area contributed by atoms with Gasteiger partial charge in [-0.1, -0.05) is 0 Å². The van der Waals surface area contributed by atoms with E-state index in [9.17, 15) is 4.39 Å². The highest BCUT2D eigenvalue weighted by atomic mass is 19.1. The van der Waals surface area contributed by atoms with Crippen LogP contribution < -0.4 is 4.57 Å². The Labute approximate surface area is 86.2 Å². The van der Waals surface area contributed by atoms with Crippen LogP contribution in [0.15, 0.2) is 30.6 Å². The largest absolute Gasteiger partial charge is 0.385 e. The molecule has 0 saturated carbocycles. The number of halogens is 1. The Morgan fingerprint density at radius 3 is 2.67 bits per heavy atom. The van der Waals surface area contributed by atoms with Crippen LogP contribution in [0.3, 0.4) is 0 Å². The highest BCUT2D eigenvalue weighted by Gasteiger charge is 2.15. The molecule has 0 fully saturated rings. The molecule has 0 saturated heterocycles. The summed E-state index contributed by atoms with van der Waals surface area (Å²) >= 11 is 0. The first-order valence-electron chi connectivity index (χ1n) is 4.51. The lowest BCUT2D eigenvalue weighted by Crippen LogP contribution is -2.33. The Balaban J connectivity index is 2.48. The molecule has 15 heavy (non-hydrogen) atoms. The van der Waals surface area contributed by atoms with Crippen LogP contribution in [-0.4, -0.2) is 14.9 Å². The third kappa shape index (κ3) is 1.87. The van der Waals surface area contributed by atoms with E-state index in [1.165, 1.54) is 12.1 Å². The van der Waals surface area contributed by atoms with Gasteiger partial charge in [0.25, 0.3) is 0 Å². The molecule has 2 rings (SSSR count). The summed E-state index contributed by atoms with van der Waals surface area (Å²) < 4.78 is 16.0. The van der Waals surface area contributed by atoms with Crippen LogP contribution >= 0.6 is 0 Å². The lowest BCUT2D eigenvalue weighted by atomic mass is 10.3. The number of aliphatic hydroxyl groups excluding tert-OH is 1. The van der Waals surface area contributed by atoms with Gasteiger partial charge >= 0.3 is 5.82 Å². The van der Waals surface area contributed by atoms with Gasteiger partial charge in [-0.15, -0.1) is 4.68 Å². The second kappa shape index (κ2) is 3.78. The van der Waals surface area contributed by atoms with Crippen LogP contribution in [0.25, 0.3) is 5.69 Å². The fourth-order valence-electron chi connectivity index (χ4n) is 1.42. The van der Waals surface area contributed by atoms with Gasteiger partial charge in [-0.3, -0.25) is 0 Å². The second-order valence-electron chi connectivity index (χ2n) is 3.21. The fourth-order valence-corrected chi connectivity index (χ4v) is 1.42. The third-order valence-corrected chi connectivity index (χ3v) is 2.08. The molecule has 5 heteroatoms. The smallest absolute Gasteiger partial charge is 0.307 e. The zero-order valence-corrected chi connectivity index (χ0v) is 8.26. The Bertz CT molecular complexity index is 464. The van der Waals surface area contributed by atoms with Crippen molar-refractivity contribution in [2.45, 2.75) is 6.61 Å². The number of nitrogens with zero attached hydrogens (tertiary/aromatic N) is 3. The van der Waals surface area contributed by atoms with E-state index in [0.717, 1.165) is 5.69 Å². The molecular formula is C10H11FN3O+. The van der Waals surface area contributed by atoms with Crippen molar-refractivity contribution in [3.8, 4) is 5.69 Å². The van der Waals surface area contributed by atoms with E-state index in [2.05, 4.69) is 5.10 Å². The summed E-state index contributed by atoms with van der Waals surface area (Å²) in [6.07, 6.45) is 1.72. The molecule has 0 aliphatic carbocycles. The van der Waals surface area contributed by atoms with E-state index in [1.54, 1.807) is 34.8 Å². The van der Waals surface area contributed by atoms with Crippen LogP contribution in [-0.2, 0) is 13.7 Å². The molecule has 78 valence electrons. The predicted molar refractivity (Wildman–Crippen MR) is 50.6 cm³/mol. The number of aromatic nitrogens is 3. The number of hydrogen-bond acceptors (Lipinski definition) is 2. The minimum Gasteiger partial charge on any atom is -0.385 e. The quantitative estimate of drug-likeness (QED) is 0.722. The van der Waals surface area contributed by atoms with Crippen LogP contribution in [0.1, 0.15) is 5.82 Å². The lowest BCUT2D eigenvalue weighted by molar-refractivity contribution is -0.607. The third-order valence-electron chi connectivity index (χ3n) is 2.08. The van der Waals surface area contributed by atoms with Gasteiger partial charge in [0.2, 0.25) is 6.33 Å². The maximum atomic E-state index is 12.7. The average Bonchev–Trinajstić information content (AvgIpc) is 2.61. The van der Waals surface area contributed by atoms with E-state index in [1.807, 2.05) is 0 Å². The van der Waals surface area contributed by atoms with E-state index in [4.69, 9.17) is 5.11 Å². The summed E-state index contributed by atoms with van der Waals surface area (Å²) in [4.78, 5) is 0. The molecule has 1 aromatic carbocycles. The molecule has 0 aliphatic heterocycles. The summed E-state index contributed by atoms with van der Waals surface area (Å²) in [7, 11) is 1.76. The number of aryl methyl sites for hydroxylation is 1. The molecule has 0 aliphatic rings. The molecule has 0 radical (unpaired) electrons. The minimum absolute atomic E-state index is 0.155. The highest BCUT2D eigenvalue weighted by Crippen LogP contribution is 2.03. The van der Waals surface area contributed by atoms with Crippen molar-refractivity contribution in [1.29, 1.82) is 0 Å². The maximum Gasteiger partial charge on any atom is 0.307 e. The summed E-state index contributed by atoms with van der Waals surface area (Å²) in [5, 5.41) is 13.1. The van der Waals surface area contributed by atoms with Gasteiger partial charge in [0.05, 0.1) is 7.05 Å². The Hall–Kier alpha value is -1.75. The van der Waals surface area contributed by atoms with Crippen LogP contribution in [0.4, 0.5) is 4.39 Å². The molecule has 0 spiro atoms. The average molecular weight is 208 g/mol. The summed E-state index contributed by atoms with van der Waals surface area (Å²) in [6.45, 7) is -0.155. The molecule has 1 heterocycles. The van der Waals surface area contributed by atoms with Crippen molar-refractivity contribution < 1.29 is 14.1 Å². The SMILES string of the molecule is Cn1c[n+](-c2ccc(F)cc2)c(CO)n1. The highest BCUT2D eigenvalue weighted by molar-refractivity contribution is 5.22. The Morgan fingerprint density at radius 1 is 1.40 bits per heavy atom. The first-order valence-corrected chi connectivity index (χ1v) is 4.51. The fraction of sp³-hybridized carbons (Fsp3) is 0.200. The van der Waals surface area contributed by atoms with Gasteiger partial charge in [-0.2, -0.15) is 4.57 Å². The van der Waals surface area contributed by atoms with E-state index in [0.29, 0.717) is 5.82 Å². The number of rotatable bonds is 2. The van der Waals surface area contributed by atoms with Gasteiger partial charge in [0, 0.05) is 5.10 Å². The molecule has 0 unspecified atom stereocenters. The van der Waals surface area contributed by atoms with Crippen molar-refractivity contribution in [2.75, 3.05) is 0 Å². The van der Waals surface area contributed by atoms with Gasteiger partial charge in [0.1, 0.15) is 18.1 Å². The Kier molecular flexibility index (Phi) is 2.47. The topological polar surface area (TPSA) is 41.9 Å². The van der Waals surface area contributed by atoms with Crippen LogP contribution in [0.5, 0.6) is 0 Å². The molecule has 0 bridgehead atoms. The van der Waals surface area contributed by atoms with Crippen molar-refractivity contribution in [2.24, 2.45) is 7.05 Å². The van der Waals surface area contributed by atoms with E-state index < -0.39 is 0 Å². The molecule has 1 aromatic heterocycles. The number of hydrogen-bond donors (Lipinski definition) is 1. The molecule has 1 N–H and O–H groups in total. The maximum absolute atomic E-state index is 12.7. The summed E-state index contributed by atoms with van der Waals surface area (Å²) in [6, 6.07) is 6.01. The summed E-state index contributed by atoms with van der Waals surface area (Å²) in [5.74, 6) is 0.234.